The summed E-state index contributed by atoms with van der Waals surface area (Å²) in [6.45, 7) is 0. The lowest BCUT2D eigenvalue weighted by molar-refractivity contribution is 0.610. The van der Waals surface area contributed by atoms with E-state index >= 15 is 0 Å². The summed E-state index contributed by atoms with van der Waals surface area (Å²) < 4.78 is 44.0. The maximum atomic E-state index is 11.5. The molecule has 1 atom stereocenters. The number of hydrogen-bond donors (Lipinski definition) is 1. The van der Waals surface area contributed by atoms with Gasteiger partial charge in [-0.15, -0.1) is 0 Å². The van der Waals surface area contributed by atoms with Crippen LogP contribution in [0.5, 0.6) is 0 Å². The Hall–Kier alpha value is -0.310. The summed E-state index contributed by atoms with van der Waals surface area (Å²) in [7, 11) is -9.08. The smallest absolute Gasteiger partial charge is 0.219 e. The fraction of sp³-hybridized carbons (Fsp3) is 0. The molecule has 0 spiro atoms. The third-order valence-corrected chi connectivity index (χ3v) is 10.8. The fourth-order valence-electron chi connectivity index (χ4n) is 0.750. The maximum absolute atomic E-state index is 11.5. The summed E-state index contributed by atoms with van der Waals surface area (Å²) in [5.74, 6) is 0. The van der Waals surface area contributed by atoms with Crippen LogP contribution in [0.25, 0.3) is 0 Å². The summed E-state index contributed by atoms with van der Waals surface area (Å²) in [4.78, 5) is -0.0578. The minimum Gasteiger partial charge on any atom is -0.219 e. The first-order chi connectivity index (χ1) is 6.46. The Balaban J connectivity index is 3.30. The van der Waals surface area contributed by atoms with Gasteiger partial charge in [-0.1, -0.05) is 18.2 Å². The van der Waals surface area contributed by atoms with Gasteiger partial charge in [0.2, 0.25) is 18.6 Å². The molecule has 0 aliphatic heterocycles. The molecule has 1 aromatic carbocycles. The first-order valence-electron chi connectivity index (χ1n) is 3.33. The molecule has 1 unspecified atom stereocenters. The molecule has 0 amide bonds. The standard InChI is InChI=1S/C6H6O4S4/c7-12(8)13(11)14(9,10)6-4-2-1-3-5-6/h1-5,12H. The molecule has 14 heavy (non-hydrogen) atoms. The van der Waals surface area contributed by atoms with Gasteiger partial charge in [-0.3, -0.25) is 0 Å². The molecule has 0 aliphatic rings. The van der Waals surface area contributed by atoms with Gasteiger partial charge in [-0.25, -0.2) is 16.8 Å². The Morgan fingerprint density at radius 2 is 1.64 bits per heavy atom. The highest BCUT2D eigenvalue weighted by molar-refractivity contribution is 9.04. The average molecular weight is 270 g/mol. The van der Waals surface area contributed by atoms with Crippen LogP contribution in [0.1, 0.15) is 0 Å². The molecule has 78 valence electrons. The molecule has 0 fully saturated rings. The van der Waals surface area contributed by atoms with E-state index in [-0.39, 0.29) is 4.90 Å². The van der Waals surface area contributed by atoms with Crippen molar-refractivity contribution < 1.29 is 16.8 Å². The second-order valence-corrected chi connectivity index (χ2v) is 11.9. The summed E-state index contributed by atoms with van der Waals surface area (Å²) in [6, 6.07) is 7.30. The van der Waals surface area contributed by atoms with Gasteiger partial charge < -0.3 is 0 Å². The highest BCUT2D eigenvalue weighted by Crippen LogP contribution is 2.14. The highest BCUT2D eigenvalue weighted by atomic mass is 33.7. The van der Waals surface area contributed by atoms with Crippen LogP contribution in [0.3, 0.4) is 0 Å². The van der Waals surface area contributed by atoms with E-state index < -0.39 is 26.1 Å². The van der Waals surface area contributed by atoms with Crippen molar-refractivity contribution in [1.82, 2.24) is 0 Å². The first-order valence-corrected chi connectivity index (χ1v) is 9.26. The van der Waals surface area contributed by atoms with Crippen LogP contribution < -0.4 is 0 Å². The molecule has 0 aromatic heterocycles. The Bertz CT molecular complexity index is 506. The van der Waals surface area contributed by atoms with Crippen LogP contribution in [0.4, 0.5) is 0 Å². The Morgan fingerprint density at radius 1 is 1.14 bits per heavy atom. The van der Waals surface area contributed by atoms with Gasteiger partial charge in [0, 0.05) is 0 Å². The minimum atomic E-state index is -3.89. The second-order valence-electron chi connectivity index (χ2n) is 2.21. The van der Waals surface area contributed by atoms with Gasteiger partial charge in [-0.2, -0.15) is 0 Å². The van der Waals surface area contributed by atoms with Crippen molar-refractivity contribution in [2.75, 3.05) is 0 Å². The van der Waals surface area contributed by atoms with Crippen LogP contribution >= 0.6 is 0 Å². The Kier molecular flexibility index (Phi) is 3.76. The predicted molar refractivity (Wildman–Crippen MR) is 58.7 cm³/mol. The van der Waals surface area contributed by atoms with E-state index in [0.29, 0.717) is 0 Å². The monoisotopic (exact) mass is 270 g/mol. The Morgan fingerprint density at radius 3 is 2.07 bits per heavy atom. The summed E-state index contributed by atoms with van der Waals surface area (Å²) in [5, 5.41) is 0. The summed E-state index contributed by atoms with van der Waals surface area (Å²) >= 11 is 4.42. The topological polar surface area (TPSA) is 68.3 Å². The third-order valence-electron chi connectivity index (χ3n) is 1.34. The van der Waals surface area contributed by atoms with E-state index in [0.717, 1.165) is 0 Å². The van der Waals surface area contributed by atoms with E-state index in [1.165, 1.54) is 24.3 Å². The molecule has 0 N–H and O–H groups in total. The zero-order valence-corrected chi connectivity index (χ0v) is 10.0. The lowest BCUT2D eigenvalue weighted by Gasteiger charge is -1.99. The summed E-state index contributed by atoms with van der Waals surface area (Å²) in [5.41, 5.74) is 0. The zero-order valence-electron chi connectivity index (χ0n) is 6.69. The third kappa shape index (κ3) is 2.38. The number of benzene rings is 1. The van der Waals surface area contributed by atoms with Gasteiger partial charge in [-0.05, 0) is 23.3 Å². The molecule has 4 nitrogen and oxygen atoms in total. The minimum absolute atomic E-state index is 0.0578. The van der Waals surface area contributed by atoms with Gasteiger partial charge in [0.1, 0.15) is 7.52 Å². The molecule has 1 rings (SSSR count). The van der Waals surface area contributed by atoms with E-state index in [1.807, 2.05) is 0 Å². The Labute approximate surface area is 89.2 Å². The van der Waals surface area contributed by atoms with Crippen molar-refractivity contribution in [2.45, 2.75) is 4.90 Å². The largest absolute Gasteiger partial charge is 0.247 e. The van der Waals surface area contributed by atoms with Crippen molar-refractivity contribution in [1.29, 1.82) is 0 Å². The predicted octanol–water partition coefficient (Wildman–Crippen LogP) is -0.0181. The maximum Gasteiger partial charge on any atom is 0.247 e. The first kappa shape index (κ1) is 11.8. The lowest BCUT2D eigenvalue weighted by Crippen LogP contribution is -2.08. The SMILES string of the molecule is O=[SH](=O)S(=S)S(=O)(=O)c1ccccc1. The number of hydrogen-bond acceptors (Lipinski definition) is 5. The van der Waals surface area contributed by atoms with Crippen LogP contribution in [0, 0.1) is 0 Å². The van der Waals surface area contributed by atoms with Crippen molar-refractivity contribution in [3.05, 3.63) is 30.3 Å². The van der Waals surface area contributed by atoms with E-state index in [1.54, 1.807) is 6.07 Å². The molecule has 0 saturated carbocycles. The molecular weight excluding hydrogens is 264 g/mol. The molecular formula is C6H6O4S4. The van der Waals surface area contributed by atoms with Gasteiger partial charge in [0.05, 0.1) is 4.90 Å². The lowest BCUT2D eigenvalue weighted by atomic mass is 10.4. The van der Waals surface area contributed by atoms with Gasteiger partial charge >= 0.3 is 0 Å². The highest BCUT2D eigenvalue weighted by Gasteiger charge is 2.20. The average Bonchev–Trinajstić information content (AvgIpc) is 2.18. The molecule has 1 aromatic rings. The van der Waals surface area contributed by atoms with E-state index in [4.69, 9.17) is 0 Å². The second kappa shape index (κ2) is 4.47. The van der Waals surface area contributed by atoms with Crippen molar-refractivity contribution >= 4 is 37.3 Å². The van der Waals surface area contributed by atoms with Crippen LogP contribution in [-0.4, -0.2) is 16.8 Å². The quantitative estimate of drug-likeness (QED) is 0.617. The molecule has 0 radical (unpaired) electrons. The molecule has 0 bridgehead atoms. The number of thiol groups is 1. The normalized spacial score (nSPS) is 14.1. The molecule has 0 saturated heterocycles. The van der Waals surface area contributed by atoms with Crippen molar-refractivity contribution in [2.24, 2.45) is 0 Å². The molecule has 8 heteroatoms. The molecule has 0 heterocycles. The van der Waals surface area contributed by atoms with E-state index in [9.17, 15) is 16.8 Å². The van der Waals surface area contributed by atoms with Crippen LogP contribution in [-0.2, 0) is 37.3 Å². The van der Waals surface area contributed by atoms with Gasteiger partial charge in [0.25, 0.3) is 0 Å². The number of rotatable bonds is 3. The van der Waals surface area contributed by atoms with Crippen LogP contribution in [0.2, 0.25) is 0 Å². The summed E-state index contributed by atoms with van der Waals surface area (Å²) in [6.07, 6.45) is 0. The zero-order chi connectivity index (χ0) is 10.8. The van der Waals surface area contributed by atoms with Crippen molar-refractivity contribution in [3.8, 4) is 0 Å². The fourth-order valence-corrected chi connectivity index (χ4v) is 5.80. The van der Waals surface area contributed by atoms with Gasteiger partial charge in [0.15, 0.2) is 0 Å². The van der Waals surface area contributed by atoms with Crippen LogP contribution in [0.15, 0.2) is 35.2 Å². The molecule has 0 aliphatic carbocycles. The van der Waals surface area contributed by atoms with E-state index in [2.05, 4.69) is 11.2 Å². The van der Waals surface area contributed by atoms with Crippen molar-refractivity contribution in [3.63, 3.8) is 0 Å².